The molecule has 0 N–H and O–H groups in total. The van der Waals surface area contributed by atoms with Crippen LogP contribution in [-0.2, 0) is 0 Å². The van der Waals surface area contributed by atoms with Crippen molar-refractivity contribution < 1.29 is 9.53 Å². The zero-order valence-electron chi connectivity index (χ0n) is 12.0. The molecule has 2 nitrogen and oxygen atoms in total. The van der Waals surface area contributed by atoms with Gasteiger partial charge in [-0.3, -0.25) is 4.79 Å². The van der Waals surface area contributed by atoms with Gasteiger partial charge in [-0.05, 0) is 56.2 Å². The van der Waals surface area contributed by atoms with E-state index in [-0.39, 0.29) is 5.78 Å². The largest absolute Gasteiger partial charge is 0.490 e. The molecule has 0 saturated heterocycles. The lowest BCUT2D eigenvalue weighted by Crippen LogP contribution is -2.03. The van der Waals surface area contributed by atoms with Crippen molar-refractivity contribution in [3.8, 4) is 5.75 Å². The molecule has 3 heteroatoms. The van der Waals surface area contributed by atoms with Crippen molar-refractivity contribution >= 4 is 17.5 Å². The summed E-state index contributed by atoms with van der Waals surface area (Å²) in [5.41, 5.74) is 1.97. The molecular formula is C18H18O2S. The van der Waals surface area contributed by atoms with E-state index in [1.54, 1.807) is 11.8 Å². The summed E-state index contributed by atoms with van der Waals surface area (Å²) in [6, 6.07) is 15.7. The molecular weight excluding hydrogens is 280 g/mol. The summed E-state index contributed by atoms with van der Waals surface area (Å²) in [5, 5.41) is 0. The molecule has 0 atom stereocenters. The van der Waals surface area contributed by atoms with E-state index in [9.17, 15) is 4.79 Å². The fraction of sp³-hybridized carbons (Fsp3) is 0.278. The number of hydrogen-bond donors (Lipinski definition) is 0. The number of carbonyl (C=O) groups is 1. The lowest BCUT2D eigenvalue weighted by atomic mass is 10.1. The Morgan fingerprint density at radius 1 is 1.19 bits per heavy atom. The van der Waals surface area contributed by atoms with Gasteiger partial charge in [0.2, 0.25) is 0 Å². The van der Waals surface area contributed by atoms with Gasteiger partial charge in [0.15, 0.2) is 5.78 Å². The summed E-state index contributed by atoms with van der Waals surface area (Å²) in [6.07, 6.45) is 2.69. The molecule has 108 valence electrons. The SMILES string of the molecule is Cc1cccc(SCC(=O)c2ccc(OC3CC3)cc2)c1. The van der Waals surface area contributed by atoms with Gasteiger partial charge in [0.1, 0.15) is 5.75 Å². The van der Waals surface area contributed by atoms with Crippen LogP contribution in [0.1, 0.15) is 28.8 Å². The average molecular weight is 298 g/mol. The van der Waals surface area contributed by atoms with Crippen LogP contribution in [0.3, 0.4) is 0 Å². The minimum atomic E-state index is 0.152. The van der Waals surface area contributed by atoms with Crippen LogP contribution in [0.2, 0.25) is 0 Å². The highest BCUT2D eigenvalue weighted by molar-refractivity contribution is 8.00. The molecule has 0 aliphatic heterocycles. The van der Waals surface area contributed by atoms with E-state index in [0.29, 0.717) is 11.9 Å². The van der Waals surface area contributed by atoms with Gasteiger partial charge >= 0.3 is 0 Å². The van der Waals surface area contributed by atoms with Gasteiger partial charge < -0.3 is 4.74 Å². The van der Waals surface area contributed by atoms with E-state index >= 15 is 0 Å². The summed E-state index contributed by atoms with van der Waals surface area (Å²) in [6.45, 7) is 2.06. The molecule has 2 aromatic rings. The monoisotopic (exact) mass is 298 g/mol. The third-order valence-electron chi connectivity index (χ3n) is 3.36. The molecule has 3 rings (SSSR count). The first-order chi connectivity index (χ1) is 10.2. The van der Waals surface area contributed by atoms with Gasteiger partial charge in [-0.25, -0.2) is 0 Å². The molecule has 21 heavy (non-hydrogen) atoms. The Morgan fingerprint density at radius 2 is 1.95 bits per heavy atom. The molecule has 0 amide bonds. The zero-order chi connectivity index (χ0) is 14.7. The van der Waals surface area contributed by atoms with Crippen molar-refractivity contribution in [2.24, 2.45) is 0 Å². The molecule has 1 aliphatic rings. The lowest BCUT2D eigenvalue weighted by molar-refractivity contribution is 0.102. The second-order valence-electron chi connectivity index (χ2n) is 5.37. The van der Waals surface area contributed by atoms with Gasteiger partial charge in [-0.2, -0.15) is 0 Å². The first-order valence-corrected chi connectivity index (χ1v) is 8.19. The third kappa shape index (κ3) is 4.11. The lowest BCUT2D eigenvalue weighted by Gasteiger charge is -2.06. The maximum absolute atomic E-state index is 12.2. The predicted molar refractivity (Wildman–Crippen MR) is 86.3 cm³/mol. The minimum Gasteiger partial charge on any atom is -0.490 e. The standard InChI is InChI=1S/C18H18O2S/c1-13-3-2-4-17(11-13)21-12-18(19)14-5-7-15(8-6-14)20-16-9-10-16/h2-8,11,16H,9-10,12H2,1H3. The fourth-order valence-electron chi connectivity index (χ4n) is 2.04. The maximum Gasteiger partial charge on any atom is 0.173 e. The topological polar surface area (TPSA) is 26.3 Å². The number of hydrogen-bond acceptors (Lipinski definition) is 3. The van der Waals surface area contributed by atoms with Crippen LogP contribution in [0.4, 0.5) is 0 Å². The number of rotatable bonds is 6. The van der Waals surface area contributed by atoms with Crippen LogP contribution in [0.5, 0.6) is 5.75 Å². The van der Waals surface area contributed by atoms with E-state index in [1.807, 2.05) is 36.4 Å². The Morgan fingerprint density at radius 3 is 2.62 bits per heavy atom. The normalized spacial score (nSPS) is 14.0. The van der Waals surface area contributed by atoms with Crippen molar-refractivity contribution in [1.29, 1.82) is 0 Å². The van der Waals surface area contributed by atoms with Crippen LogP contribution in [0.25, 0.3) is 0 Å². The Kier molecular flexibility index (Phi) is 4.30. The van der Waals surface area contributed by atoms with Gasteiger partial charge in [-0.1, -0.05) is 17.7 Å². The van der Waals surface area contributed by atoms with Gasteiger partial charge in [0.25, 0.3) is 0 Å². The summed E-state index contributed by atoms with van der Waals surface area (Å²) in [4.78, 5) is 13.3. The Labute approximate surface area is 129 Å². The van der Waals surface area contributed by atoms with E-state index in [2.05, 4.69) is 19.1 Å². The molecule has 0 bridgehead atoms. The third-order valence-corrected chi connectivity index (χ3v) is 4.36. The van der Waals surface area contributed by atoms with E-state index in [1.165, 1.54) is 5.56 Å². The first kappa shape index (κ1) is 14.2. The quantitative estimate of drug-likeness (QED) is 0.580. The van der Waals surface area contributed by atoms with Crippen molar-refractivity contribution in [3.63, 3.8) is 0 Å². The Balaban J connectivity index is 1.57. The number of ether oxygens (including phenoxy) is 1. The summed E-state index contributed by atoms with van der Waals surface area (Å²) < 4.78 is 5.69. The number of aryl methyl sites for hydroxylation is 1. The van der Waals surface area contributed by atoms with Crippen LogP contribution >= 0.6 is 11.8 Å². The summed E-state index contributed by atoms with van der Waals surface area (Å²) in [5.74, 6) is 1.48. The maximum atomic E-state index is 12.2. The predicted octanol–water partition coefficient (Wildman–Crippen LogP) is 4.51. The number of carbonyl (C=O) groups excluding carboxylic acids is 1. The molecule has 0 unspecified atom stereocenters. The molecule has 0 radical (unpaired) electrons. The van der Waals surface area contributed by atoms with Crippen LogP contribution in [0, 0.1) is 6.92 Å². The molecule has 1 saturated carbocycles. The molecule has 2 aromatic carbocycles. The molecule has 1 fully saturated rings. The fourth-order valence-corrected chi connectivity index (χ4v) is 2.94. The molecule has 0 heterocycles. The minimum absolute atomic E-state index is 0.152. The number of ketones is 1. The molecule has 0 spiro atoms. The highest BCUT2D eigenvalue weighted by Crippen LogP contribution is 2.27. The Bertz CT molecular complexity index is 630. The van der Waals surface area contributed by atoms with Crippen LogP contribution in [-0.4, -0.2) is 17.6 Å². The molecule has 0 aromatic heterocycles. The second kappa shape index (κ2) is 6.35. The number of Topliss-reactive ketones (excluding diaryl/α,β-unsaturated/α-hetero) is 1. The van der Waals surface area contributed by atoms with Crippen LogP contribution in [0.15, 0.2) is 53.4 Å². The van der Waals surface area contributed by atoms with Crippen molar-refractivity contribution in [3.05, 3.63) is 59.7 Å². The summed E-state index contributed by atoms with van der Waals surface area (Å²) in [7, 11) is 0. The Hall–Kier alpha value is -1.74. The smallest absolute Gasteiger partial charge is 0.173 e. The number of benzene rings is 2. The second-order valence-corrected chi connectivity index (χ2v) is 6.42. The van der Waals surface area contributed by atoms with E-state index < -0.39 is 0 Å². The first-order valence-electron chi connectivity index (χ1n) is 7.20. The highest BCUT2D eigenvalue weighted by atomic mass is 32.2. The van der Waals surface area contributed by atoms with Crippen LogP contribution < -0.4 is 4.74 Å². The highest BCUT2D eigenvalue weighted by Gasteiger charge is 2.23. The van der Waals surface area contributed by atoms with Gasteiger partial charge in [-0.15, -0.1) is 11.8 Å². The molecule has 1 aliphatic carbocycles. The number of thioether (sulfide) groups is 1. The zero-order valence-corrected chi connectivity index (χ0v) is 12.9. The van der Waals surface area contributed by atoms with Gasteiger partial charge in [0.05, 0.1) is 11.9 Å². The van der Waals surface area contributed by atoms with E-state index in [4.69, 9.17) is 4.74 Å². The van der Waals surface area contributed by atoms with Crippen molar-refractivity contribution in [1.82, 2.24) is 0 Å². The summed E-state index contributed by atoms with van der Waals surface area (Å²) >= 11 is 1.58. The van der Waals surface area contributed by atoms with Gasteiger partial charge in [0, 0.05) is 10.5 Å². The van der Waals surface area contributed by atoms with Crippen molar-refractivity contribution in [2.75, 3.05) is 5.75 Å². The average Bonchev–Trinajstić information content (AvgIpc) is 3.30. The van der Waals surface area contributed by atoms with Crippen molar-refractivity contribution in [2.45, 2.75) is 30.8 Å². The van der Waals surface area contributed by atoms with E-state index in [0.717, 1.165) is 29.1 Å².